The van der Waals surface area contributed by atoms with Crippen LogP contribution in [0.2, 0.25) is 0 Å². The van der Waals surface area contributed by atoms with Crippen molar-refractivity contribution in [1.29, 1.82) is 0 Å². The minimum absolute atomic E-state index is 0.0614. The number of nitrogens with one attached hydrogen (secondary N) is 1. The van der Waals surface area contributed by atoms with Gasteiger partial charge in [0.25, 0.3) is 5.91 Å². The van der Waals surface area contributed by atoms with E-state index in [9.17, 15) is 9.90 Å². The SMILES string of the molecule is CC(C)(C)c1cc(C(=O)N2C[C@@H](O)[C@H](N3CCCC3)C2)n[nH]1. The van der Waals surface area contributed by atoms with Crippen molar-refractivity contribution in [3.05, 3.63) is 17.5 Å². The van der Waals surface area contributed by atoms with E-state index in [-0.39, 0.29) is 17.4 Å². The Kier molecular flexibility index (Phi) is 3.99. The van der Waals surface area contributed by atoms with Crippen molar-refractivity contribution in [1.82, 2.24) is 20.0 Å². The van der Waals surface area contributed by atoms with Crippen molar-refractivity contribution in [2.24, 2.45) is 0 Å². The maximum Gasteiger partial charge on any atom is 0.274 e. The summed E-state index contributed by atoms with van der Waals surface area (Å²) < 4.78 is 0. The first-order valence-electron chi connectivity index (χ1n) is 8.13. The number of aliphatic hydroxyl groups excluding tert-OH is 1. The molecule has 2 saturated heterocycles. The first kappa shape index (κ1) is 15.5. The number of hydrogen-bond acceptors (Lipinski definition) is 4. The van der Waals surface area contributed by atoms with Crippen molar-refractivity contribution >= 4 is 5.91 Å². The number of aromatic amines is 1. The molecule has 0 aliphatic carbocycles. The molecule has 6 heteroatoms. The summed E-state index contributed by atoms with van der Waals surface area (Å²) in [5.41, 5.74) is 1.33. The van der Waals surface area contributed by atoms with Crippen LogP contribution in [0, 0.1) is 0 Å². The van der Waals surface area contributed by atoms with E-state index >= 15 is 0 Å². The Morgan fingerprint density at radius 2 is 2.00 bits per heavy atom. The van der Waals surface area contributed by atoms with Crippen LogP contribution in [0.4, 0.5) is 0 Å². The van der Waals surface area contributed by atoms with Crippen molar-refractivity contribution in [2.75, 3.05) is 26.2 Å². The van der Waals surface area contributed by atoms with Gasteiger partial charge in [-0.2, -0.15) is 5.10 Å². The van der Waals surface area contributed by atoms with Gasteiger partial charge in [-0.25, -0.2) is 0 Å². The molecule has 2 aliphatic rings. The molecule has 22 heavy (non-hydrogen) atoms. The first-order valence-corrected chi connectivity index (χ1v) is 8.13. The second-order valence-electron chi connectivity index (χ2n) is 7.50. The summed E-state index contributed by atoms with van der Waals surface area (Å²) in [7, 11) is 0. The molecule has 2 aliphatic heterocycles. The van der Waals surface area contributed by atoms with Gasteiger partial charge in [-0.3, -0.25) is 14.8 Å². The molecular weight excluding hydrogens is 280 g/mol. The zero-order valence-electron chi connectivity index (χ0n) is 13.7. The third-order valence-corrected chi connectivity index (χ3v) is 4.76. The summed E-state index contributed by atoms with van der Waals surface area (Å²) in [5, 5.41) is 17.4. The van der Waals surface area contributed by atoms with E-state index in [1.54, 1.807) is 4.90 Å². The Morgan fingerprint density at radius 1 is 1.32 bits per heavy atom. The molecule has 0 radical (unpaired) electrons. The highest BCUT2D eigenvalue weighted by atomic mass is 16.3. The van der Waals surface area contributed by atoms with E-state index in [0.717, 1.165) is 18.8 Å². The molecule has 2 fully saturated rings. The van der Waals surface area contributed by atoms with Crippen LogP contribution in [-0.2, 0) is 5.41 Å². The van der Waals surface area contributed by atoms with E-state index in [0.29, 0.717) is 18.8 Å². The van der Waals surface area contributed by atoms with Crippen LogP contribution in [-0.4, -0.2) is 69.3 Å². The largest absolute Gasteiger partial charge is 0.390 e. The highest BCUT2D eigenvalue weighted by Crippen LogP contribution is 2.24. The summed E-state index contributed by atoms with van der Waals surface area (Å²) >= 11 is 0. The average Bonchev–Trinajstić information content (AvgIpc) is 3.17. The van der Waals surface area contributed by atoms with Crippen molar-refractivity contribution in [2.45, 2.75) is 51.2 Å². The molecule has 2 atom stereocenters. The van der Waals surface area contributed by atoms with Crippen LogP contribution >= 0.6 is 0 Å². The molecule has 1 aromatic rings. The number of rotatable bonds is 2. The maximum absolute atomic E-state index is 12.6. The highest BCUT2D eigenvalue weighted by molar-refractivity contribution is 5.92. The van der Waals surface area contributed by atoms with E-state index in [2.05, 4.69) is 35.9 Å². The Labute approximate surface area is 131 Å². The molecule has 1 aromatic heterocycles. The summed E-state index contributed by atoms with van der Waals surface area (Å²) in [4.78, 5) is 16.6. The molecule has 3 rings (SSSR count). The topological polar surface area (TPSA) is 72.5 Å². The van der Waals surface area contributed by atoms with E-state index in [1.165, 1.54) is 12.8 Å². The predicted octanol–water partition coefficient (Wildman–Crippen LogP) is 0.988. The summed E-state index contributed by atoms with van der Waals surface area (Å²) in [5.74, 6) is -0.0903. The normalized spacial score (nSPS) is 26.8. The third-order valence-electron chi connectivity index (χ3n) is 4.76. The van der Waals surface area contributed by atoms with Crippen molar-refractivity contribution in [3.8, 4) is 0 Å². The van der Waals surface area contributed by atoms with Gasteiger partial charge in [-0.1, -0.05) is 20.8 Å². The average molecular weight is 306 g/mol. The van der Waals surface area contributed by atoms with Crippen LogP contribution in [0.5, 0.6) is 0 Å². The minimum atomic E-state index is -0.455. The predicted molar refractivity (Wildman–Crippen MR) is 83.8 cm³/mol. The number of aromatic nitrogens is 2. The zero-order chi connectivity index (χ0) is 15.9. The first-order chi connectivity index (χ1) is 10.4. The lowest BCUT2D eigenvalue weighted by atomic mass is 9.92. The monoisotopic (exact) mass is 306 g/mol. The third kappa shape index (κ3) is 2.90. The molecule has 1 amide bonds. The van der Waals surface area contributed by atoms with Gasteiger partial charge in [-0.15, -0.1) is 0 Å². The van der Waals surface area contributed by atoms with Gasteiger partial charge < -0.3 is 10.0 Å². The Balaban J connectivity index is 1.69. The number of aliphatic hydroxyl groups is 1. The van der Waals surface area contributed by atoms with E-state index in [1.807, 2.05) is 6.07 Å². The van der Waals surface area contributed by atoms with E-state index in [4.69, 9.17) is 0 Å². The second-order valence-corrected chi connectivity index (χ2v) is 7.50. The summed E-state index contributed by atoms with van der Waals surface area (Å²) in [6.07, 6.45) is 1.92. The van der Waals surface area contributed by atoms with Crippen LogP contribution < -0.4 is 0 Å². The molecule has 2 N–H and O–H groups in total. The summed E-state index contributed by atoms with van der Waals surface area (Å²) in [6.45, 7) is 9.30. The van der Waals surface area contributed by atoms with Gasteiger partial charge in [0.15, 0.2) is 0 Å². The van der Waals surface area contributed by atoms with E-state index < -0.39 is 6.10 Å². The van der Waals surface area contributed by atoms with Crippen LogP contribution in [0.3, 0.4) is 0 Å². The molecule has 0 aromatic carbocycles. The Bertz CT molecular complexity index is 543. The minimum Gasteiger partial charge on any atom is -0.390 e. The zero-order valence-corrected chi connectivity index (χ0v) is 13.7. The number of carbonyl (C=O) groups excluding carboxylic acids is 1. The number of likely N-dealkylation sites (tertiary alicyclic amines) is 2. The fourth-order valence-electron chi connectivity index (χ4n) is 3.34. The van der Waals surface area contributed by atoms with Gasteiger partial charge in [0.05, 0.1) is 12.1 Å². The molecule has 0 spiro atoms. The molecule has 0 unspecified atom stereocenters. The van der Waals surface area contributed by atoms with Gasteiger partial charge in [0.1, 0.15) is 5.69 Å². The Morgan fingerprint density at radius 3 is 2.59 bits per heavy atom. The van der Waals surface area contributed by atoms with Crippen LogP contribution in [0.15, 0.2) is 6.07 Å². The Hall–Kier alpha value is -1.40. The molecule has 3 heterocycles. The van der Waals surface area contributed by atoms with Crippen molar-refractivity contribution < 1.29 is 9.90 Å². The molecular formula is C16H26N4O2. The number of nitrogens with zero attached hydrogens (tertiary/aromatic N) is 3. The lowest BCUT2D eigenvalue weighted by molar-refractivity contribution is 0.0757. The molecule has 0 bridgehead atoms. The molecule has 122 valence electrons. The van der Waals surface area contributed by atoms with Gasteiger partial charge in [0, 0.05) is 24.2 Å². The highest BCUT2D eigenvalue weighted by Gasteiger charge is 2.39. The number of carbonyl (C=O) groups is 1. The lowest BCUT2D eigenvalue weighted by Crippen LogP contribution is -2.41. The standard InChI is InChI=1S/C16H26N4O2/c1-16(2,3)14-8-11(17-18-14)15(22)20-9-12(13(21)10-20)19-6-4-5-7-19/h8,12-13,21H,4-7,9-10H2,1-3H3,(H,17,18)/t12-,13-/m1/s1. The maximum atomic E-state index is 12.6. The fourth-order valence-corrected chi connectivity index (χ4v) is 3.34. The van der Waals surface area contributed by atoms with Crippen molar-refractivity contribution in [3.63, 3.8) is 0 Å². The van der Waals surface area contributed by atoms with Crippen LogP contribution in [0.1, 0.15) is 49.8 Å². The fraction of sp³-hybridized carbons (Fsp3) is 0.750. The quantitative estimate of drug-likeness (QED) is 0.854. The second kappa shape index (κ2) is 5.66. The lowest BCUT2D eigenvalue weighted by Gasteiger charge is -2.25. The number of H-pyrrole nitrogens is 1. The molecule has 0 saturated carbocycles. The smallest absolute Gasteiger partial charge is 0.274 e. The van der Waals surface area contributed by atoms with Gasteiger partial charge in [0.2, 0.25) is 0 Å². The summed E-state index contributed by atoms with van der Waals surface area (Å²) in [6, 6.07) is 1.91. The van der Waals surface area contributed by atoms with Crippen LogP contribution in [0.25, 0.3) is 0 Å². The molecule has 6 nitrogen and oxygen atoms in total. The number of β-amino-alcohol motifs (C(OH)–C–C–N with tert-alkyl or cyclic N) is 1. The van der Waals surface area contributed by atoms with Gasteiger partial charge >= 0.3 is 0 Å². The number of amides is 1. The number of hydrogen-bond donors (Lipinski definition) is 2. The van der Waals surface area contributed by atoms with Gasteiger partial charge in [-0.05, 0) is 32.0 Å².